The zero-order valence-corrected chi connectivity index (χ0v) is 7.46. The highest BCUT2D eigenvalue weighted by molar-refractivity contribution is 5.45. The van der Waals surface area contributed by atoms with Crippen molar-refractivity contribution < 1.29 is 9.13 Å². The van der Waals surface area contributed by atoms with Crippen molar-refractivity contribution in [3.63, 3.8) is 0 Å². The van der Waals surface area contributed by atoms with Gasteiger partial charge in [0, 0.05) is 18.0 Å². The minimum absolute atomic E-state index is 0.197. The van der Waals surface area contributed by atoms with Crippen LogP contribution in [0.4, 0.5) is 4.39 Å². The molecule has 3 nitrogen and oxygen atoms in total. The predicted molar refractivity (Wildman–Crippen MR) is 48.2 cm³/mol. The predicted octanol–water partition coefficient (Wildman–Crippen LogP) is 1.48. The van der Waals surface area contributed by atoms with Crippen molar-refractivity contribution in [2.24, 2.45) is 5.73 Å². The third kappa shape index (κ3) is 1.32. The SMILES string of the molecule is N#Cc1cc(F)c2c(c1)[C@H](N)CCO2. The Morgan fingerprint density at radius 3 is 3.07 bits per heavy atom. The molecule has 0 unspecified atom stereocenters. The van der Waals surface area contributed by atoms with Crippen LogP contribution in [0.15, 0.2) is 12.1 Å². The molecule has 2 rings (SSSR count). The van der Waals surface area contributed by atoms with Gasteiger partial charge in [0.15, 0.2) is 11.6 Å². The Balaban J connectivity index is 2.58. The highest BCUT2D eigenvalue weighted by Gasteiger charge is 2.22. The molecule has 14 heavy (non-hydrogen) atoms. The molecule has 1 aromatic rings. The number of halogens is 1. The van der Waals surface area contributed by atoms with Crippen LogP contribution in [0.1, 0.15) is 23.6 Å². The summed E-state index contributed by atoms with van der Waals surface area (Å²) >= 11 is 0. The zero-order chi connectivity index (χ0) is 10.1. The van der Waals surface area contributed by atoms with Gasteiger partial charge in [-0.05, 0) is 12.1 Å². The highest BCUT2D eigenvalue weighted by Crippen LogP contribution is 2.33. The monoisotopic (exact) mass is 192 g/mol. The fourth-order valence-electron chi connectivity index (χ4n) is 1.55. The Morgan fingerprint density at radius 1 is 1.57 bits per heavy atom. The molecular formula is C10H9FN2O. The van der Waals surface area contributed by atoms with Crippen LogP contribution >= 0.6 is 0 Å². The molecule has 4 heteroatoms. The third-order valence-corrected chi connectivity index (χ3v) is 2.28. The lowest BCUT2D eigenvalue weighted by Gasteiger charge is -2.23. The van der Waals surface area contributed by atoms with Crippen LogP contribution in [0.2, 0.25) is 0 Å². The number of nitrogens with two attached hydrogens (primary N) is 1. The maximum Gasteiger partial charge on any atom is 0.166 e. The number of hydrogen-bond donors (Lipinski definition) is 1. The molecule has 1 aliphatic rings. The quantitative estimate of drug-likeness (QED) is 0.677. The van der Waals surface area contributed by atoms with E-state index in [1.54, 1.807) is 6.07 Å². The minimum Gasteiger partial charge on any atom is -0.490 e. The van der Waals surface area contributed by atoms with E-state index in [0.29, 0.717) is 18.6 Å². The average molecular weight is 192 g/mol. The molecule has 0 aliphatic carbocycles. The summed E-state index contributed by atoms with van der Waals surface area (Å²) in [5, 5.41) is 8.65. The topological polar surface area (TPSA) is 59.0 Å². The fourth-order valence-corrected chi connectivity index (χ4v) is 1.55. The first-order valence-electron chi connectivity index (χ1n) is 4.34. The first kappa shape index (κ1) is 8.97. The first-order valence-corrected chi connectivity index (χ1v) is 4.34. The number of hydrogen-bond acceptors (Lipinski definition) is 3. The van der Waals surface area contributed by atoms with Gasteiger partial charge in [0.1, 0.15) is 0 Å². The lowest BCUT2D eigenvalue weighted by molar-refractivity contribution is 0.255. The molecule has 0 saturated carbocycles. The van der Waals surface area contributed by atoms with Gasteiger partial charge in [-0.3, -0.25) is 0 Å². The molecule has 1 heterocycles. The van der Waals surface area contributed by atoms with Crippen LogP contribution in [0.3, 0.4) is 0 Å². The number of fused-ring (bicyclic) bond motifs is 1. The first-order chi connectivity index (χ1) is 6.72. The number of benzene rings is 1. The summed E-state index contributed by atoms with van der Waals surface area (Å²) in [6.45, 7) is 0.428. The molecule has 0 aromatic heterocycles. The molecular weight excluding hydrogens is 183 g/mol. The lowest BCUT2D eigenvalue weighted by atomic mass is 9.99. The molecule has 0 spiro atoms. The van der Waals surface area contributed by atoms with Gasteiger partial charge in [0.2, 0.25) is 0 Å². The molecule has 1 aliphatic heterocycles. The van der Waals surface area contributed by atoms with Gasteiger partial charge in [-0.15, -0.1) is 0 Å². The van der Waals surface area contributed by atoms with Crippen LogP contribution < -0.4 is 10.5 Å². The van der Waals surface area contributed by atoms with Crippen LogP contribution in [-0.4, -0.2) is 6.61 Å². The fraction of sp³-hybridized carbons (Fsp3) is 0.300. The normalized spacial score (nSPS) is 19.4. The Hall–Kier alpha value is -1.60. The molecule has 0 saturated heterocycles. The van der Waals surface area contributed by atoms with Crippen molar-refractivity contribution in [2.75, 3.05) is 6.61 Å². The van der Waals surface area contributed by atoms with Crippen LogP contribution in [0.25, 0.3) is 0 Å². The summed E-state index contributed by atoms with van der Waals surface area (Å²) in [5.41, 5.74) is 6.65. The summed E-state index contributed by atoms with van der Waals surface area (Å²) in [6, 6.07) is 4.40. The maximum atomic E-state index is 13.4. The lowest BCUT2D eigenvalue weighted by Crippen LogP contribution is -2.21. The molecule has 2 N–H and O–H groups in total. The molecule has 0 bridgehead atoms. The molecule has 1 atom stereocenters. The largest absolute Gasteiger partial charge is 0.490 e. The summed E-state index contributed by atoms with van der Waals surface area (Å²) in [7, 11) is 0. The molecule has 72 valence electrons. The molecule has 0 amide bonds. The third-order valence-electron chi connectivity index (χ3n) is 2.28. The summed E-state index contributed by atoms with van der Waals surface area (Å²) in [4.78, 5) is 0. The van der Waals surface area contributed by atoms with E-state index in [1.807, 2.05) is 6.07 Å². The number of ether oxygens (including phenoxy) is 1. The smallest absolute Gasteiger partial charge is 0.166 e. The van der Waals surface area contributed by atoms with E-state index >= 15 is 0 Å². The van der Waals surface area contributed by atoms with Gasteiger partial charge in [-0.25, -0.2) is 4.39 Å². The van der Waals surface area contributed by atoms with Crippen molar-refractivity contribution in [3.05, 3.63) is 29.1 Å². The Bertz CT molecular complexity index is 411. The van der Waals surface area contributed by atoms with Gasteiger partial charge in [-0.2, -0.15) is 5.26 Å². The number of nitrogens with zero attached hydrogens (tertiary/aromatic N) is 1. The van der Waals surface area contributed by atoms with Crippen LogP contribution in [0, 0.1) is 17.1 Å². The summed E-state index contributed by atoms with van der Waals surface area (Å²) in [5.74, 6) is -0.308. The van der Waals surface area contributed by atoms with E-state index in [2.05, 4.69) is 0 Å². The van der Waals surface area contributed by atoms with E-state index in [4.69, 9.17) is 15.7 Å². The molecule has 0 fully saturated rings. The second kappa shape index (κ2) is 3.28. The van der Waals surface area contributed by atoms with Crippen LogP contribution in [0.5, 0.6) is 5.75 Å². The second-order valence-electron chi connectivity index (χ2n) is 3.23. The van der Waals surface area contributed by atoms with Crippen molar-refractivity contribution in [2.45, 2.75) is 12.5 Å². The minimum atomic E-state index is -0.505. The van der Waals surface area contributed by atoms with Gasteiger partial charge < -0.3 is 10.5 Å². The van der Waals surface area contributed by atoms with Crippen molar-refractivity contribution in [3.8, 4) is 11.8 Å². The maximum absolute atomic E-state index is 13.4. The van der Waals surface area contributed by atoms with E-state index in [1.165, 1.54) is 0 Å². The van der Waals surface area contributed by atoms with Gasteiger partial charge in [0.05, 0.1) is 18.2 Å². The van der Waals surface area contributed by atoms with Gasteiger partial charge in [0.25, 0.3) is 0 Å². The number of nitriles is 1. The molecule has 0 radical (unpaired) electrons. The van der Waals surface area contributed by atoms with E-state index in [0.717, 1.165) is 6.07 Å². The Kier molecular flexibility index (Phi) is 2.10. The van der Waals surface area contributed by atoms with E-state index in [9.17, 15) is 4.39 Å². The Labute approximate surface area is 80.9 Å². The summed E-state index contributed by atoms with van der Waals surface area (Å²) in [6.07, 6.45) is 0.654. The zero-order valence-electron chi connectivity index (χ0n) is 7.46. The van der Waals surface area contributed by atoms with Gasteiger partial charge >= 0.3 is 0 Å². The highest BCUT2D eigenvalue weighted by atomic mass is 19.1. The second-order valence-corrected chi connectivity index (χ2v) is 3.23. The average Bonchev–Trinajstić information content (AvgIpc) is 2.19. The van der Waals surface area contributed by atoms with Crippen molar-refractivity contribution >= 4 is 0 Å². The van der Waals surface area contributed by atoms with Gasteiger partial charge in [-0.1, -0.05) is 0 Å². The van der Waals surface area contributed by atoms with Crippen molar-refractivity contribution in [1.82, 2.24) is 0 Å². The van der Waals surface area contributed by atoms with E-state index in [-0.39, 0.29) is 17.4 Å². The standard InChI is InChI=1S/C10H9FN2O/c11-8-4-6(5-12)3-7-9(13)1-2-14-10(7)8/h3-4,9H,1-2,13H2/t9-/m1/s1. The molecule has 1 aromatic carbocycles. The van der Waals surface area contributed by atoms with Crippen molar-refractivity contribution in [1.29, 1.82) is 5.26 Å². The summed E-state index contributed by atoms with van der Waals surface area (Å²) < 4.78 is 18.5. The van der Waals surface area contributed by atoms with Crippen LogP contribution in [-0.2, 0) is 0 Å². The van der Waals surface area contributed by atoms with E-state index < -0.39 is 5.82 Å². The number of rotatable bonds is 0. The Morgan fingerprint density at radius 2 is 2.36 bits per heavy atom.